The zero-order chi connectivity index (χ0) is 49.1. The van der Waals surface area contributed by atoms with Gasteiger partial charge in [0.25, 0.3) is 0 Å². The molecule has 4 heterocycles. The Morgan fingerprint density at radius 1 is 0.222 bits per heavy atom. The summed E-state index contributed by atoms with van der Waals surface area (Å²) in [5.74, 6) is 0. The average molecular weight is 927 g/mol. The van der Waals surface area contributed by atoms with E-state index in [1.54, 1.807) is 0 Å². The Hall–Kier alpha value is -8.08. The van der Waals surface area contributed by atoms with Crippen molar-refractivity contribution in [1.29, 1.82) is 0 Å². The van der Waals surface area contributed by atoms with E-state index in [0.29, 0.717) is 0 Å². The summed E-state index contributed by atoms with van der Waals surface area (Å²) in [7, 11) is 0. The summed E-state index contributed by atoms with van der Waals surface area (Å²) in [5.41, 5.74) is 28.7. The first-order valence-corrected chi connectivity index (χ1v) is 25.5. The summed E-state index contributed by atoms with van der Waals surface area (Å²) < 4.78 is 0. The minimum absolute atomic E-state index is 0.146. The molecule has 0 spiro atoms. The van der Waals surface area contributed by atoms with Gasteiger partial charge in [0.2, 0.25) is 0 Å². The summed E-state index contributed by atoms with van der Waals surface area (Å²) in [6.45, 7) is 18.5. The number of benzene rings is 6. The fraction of sp³-hybridized carbons (Fsp3) is 0.176. The quantitative estimate of drug-likeness (QED) is 0.173. The molecule has 4 aromatic heterocycles. The average Bonchev–Trinajstić information content (AvgIpc) is 3.98. The molecule has 14 rings (SSSR count). The van der Waals surface area contributed by atoms with Crippen LogP contribution in [0.15, 0.2) is 182 Å². The van der Waals surface area contributed by atoms with Crippen molar-refractivity contribution in [3.05, 3.63) is 226 Å². The molecule has 0 unspecified atom stereocenters. The second kappa shape index (κ2) is 14.7. The van der Waals surface area contributed by atoms with Gasteiger partial charge in [0, 0.05) is 66.2 Å². The molecule has 4 heteroatoms. The first kappa shape index (κ1) is 42.8. The highest BCUT2D eigenvalue weighted by molar-refractivity contribution is 5.89. The molecule has 10 aromatic rings. The van der Waals surface area contributed by atoms with E-state index < -0.39 is 0 Å². The minimum Gasteiger partial charge on any atom is -0.247 e. The third kappa shape index (κ3) is 5.99. The summed E-state index contributed by atoms with van der Waals surface area (Å²) in [5, 5.41) is 0. The number of fused-ring (bicyclic) bond motifs is 12. The van der Waals surface area contributed by atoms with E-state index in [9.17, 15) is 0 Å². The molecule has 6 aromatic carbocycles. The van der Waals surface area contributed by atoms with E-state index in [4.69, 9.17) is 19.9 Å². The number of pyridine rings is 4. The van der Waals surface area contributed by atoms with Crippen molar-refractivity contribution in [1.82, 2.24) is 19.9 Å². The molecular weight excluding hydrogens is 873 g/mol. The highest BCUT2D eigenvalue weighted by atomic mass is 14.8. The van der Waals surface area contributed by atoms with Gasteiger partial charge in [-0.25, -0.2) is 19.9 Å². The van der Waals surface area contributed by atoms with Crippen LogP contribution >= 0.6 is 0 Å². The lowest BCUT2D eigenvalue weighted by atomic mass is 9.82. The van der Waals surface area contributed by atoms with Crippen LogP contribution in [0.2, 0.25) is 0 Å². The van der Waals surface area contributed by atoms with Crippen LogP contribution in [0.3, 0.4) is 0 Å². The number of hydrogen-bond acceptors (Lipinski definition) is 4. The predicted molar refractivity (Wildman–Crippen MR) is 295 cm³/mol. The van der Waals surface area contributed by atoms with Crippen LogP contribution in [-0.2, 0) is 21.7 Å². The molecule has 0 radical (unpaired) electrons. The van der Waals surface area contributed by atoms with Gasteiger partial charge >= 0.3 is 0 Å². The third-order valence-electron chi connectivity index (χ3n) is 17.1. The van der Waals surface area contributed by atoms with E-state index in [2.05, 4.69) is 237 Å². The molecule has 0 saturated heterocycles. The number of rotatable bonds is 5. The lowest BCUT2D eigenvalue weighted by Gasteiger charge is -2.21. The van der Waals surface area contributed by atoms with Gasteiger partial charge in [-0.2, -0.15) is 0 Å². The summed E-state index contributed by atoms with van der Waals surface area (Å²) >= 11 is 0. The van der Waals surface area contributed by atoms with Crippen LogP contribution in [0.25, 0.3) is 101 Å². The molecule has 4 nitrogen and oxygen atoms in total. The highest BCUT2D eigenvalue weighted by Gasteiger charge is 2.40. The molecule has 0 atom stereocenters. The van der Waals surface area contributed by atoms with Crippen LogP contribution in [-0.4, -0.2) is 19.9 Å². The maximum Gasteiger partial charge on any atom is 0.0753 e. The second-order valence-corrected chi connectivity index (χ2v) is 22.7. The predicted octanol–water partition coefficient (Wildman–Crippen LogP) is 16.8. The molecule has 0 saturated carbocycles. The summed E-state index contributed by atoms with van der Waals surface area (Å²) in [6, 6.07) is 66.9. The van der Waals surface area contributed by atoms with Crippen molar-refractivity contribution >= 4 is 0 Å². The first-order chi connectivity index (χ1) is 34.7. The first-order valence-electron chi connectivity index (χ1n) is 25.5. The van der Waals surface area contributed by atoms with E-state index in [1.165, 1.54) is 66.8 Å². The van der Waals surface area contributed by atoms with Crippen molar-refractivity contribution in [3.63, 3.8) is 0 Å². The van der Waals surface area contributed by atoms with Crippen LogP contribution in [0.5, 0.6) is 0 Å². The molecule has 72 heavy (non-hydrogen) atoms. The standard InChI is InChI=1S/C68H54N4/c1-65(2)49-21-13-9-17-45(49)61-53(65)25-29-57(69-61)41-33-39(34-42(37-41)58-30-26-54-62(70-58)46-18-10-14-22-50(46)66(54,3)4)40-35-43(59-31-27-55-63(71-59)47-19-11-15-23-51(47)67(55,5)6)38-44(36-40)60-32-28-56-64(72-60)48-20-12-16-24-52(48)68(56,7)8/h9-38H,1-8H3. The number of nitrogens with zero attached hydrogens (tertiary/aromatic N) is 4. The molecular formula is C68H54N4. The second-order valence-electron chi connectivity index (χ2n) is 22.7. The largest absolute Gasteiger partial charge is 0.247 e. The normalized spacial score (nSPS) is 15.9. The SMILES string of the molecule is CC1(C)c2ccccc2-c2nc(-c3cc(-c4cc(-c5ccc6c(n5)-c5ccccc5C6(C)C)cc(-c5ccc6c(n5)-c5ccccc5C6(C)C)c4)cc(-c4ccc5c(n4)-c4ccccc4C5(C)C)c3)ccc21. The van der Waals surface area contributed by atoms with Gasteiger partial charge in [0.1, 0.15) is 0 Å². The molecule has 0 aliphatic heterocycles. The molecule has 4 aliphatic rings. The van der Waals surface area contributed by atoms with Crippen LogP contribution < -0.4 is 0 Å². The summed E-state index contributed by atoms with van der Waals surface area (Å²) in [6.07, 6.45) is 0. The molecule has 0 N–H and O–H groups in total. The van der Waals surface area contributed by atoms with Crippen molar-refractivity contribution in [2.45, 2.75) is 77.0 Å². The van der Waals surface area contributed by atoms with Gasteiger partial charge in [0.05, 0.1) is 45.6 Å². The van der Waals surface area contributed by atoms with E-state index in [0.717, 1.165) is 78.9 Å². The van der Waals surface area contributed by atoms with Crippen LogP contribution in [0.1, 0.15) is 99.9 Å². The molecule has 0 bridgehead atoms. The van der Waals surface area contributed by atoms with Gasteiger partial charge < -0.3 is 0 Å². The molecule has 4 aliphatic carbocycles. The van der Waals surface area contributed by atoms with E-state index in [1.807, 2.05) is 0 Å². The Morgan fingerprint density at radius 3 is 0.667 bits per heavy atom. The number of aromatic nitrogens is 4. The fourth-order valence-corrected chi connectivity index (χ4v) is 13.0. The number of hydrogen-bond donors (Lipinski definition) is 0. The smallest absolute Gasteiger partial charge is 0.0753 e. The van der Waals surface area contributed by atoms with Crippen molar-refractivity contribution in [3.8, 4) is 101 Å². The Labute approximate surface area is 422 Å². The van der Waals surface area contributed by atoms with Crippen molar-refractivity contribution in [2.24, 2.45) is 0 Å². The van der Waals surface area contributed by atoms with E-state index in [-0.39, 0.29) is 21.7 Å². The van der Waals surface area contributed by atoms with Gasteiger partial charge in [-0.3, -0.25) is 0 Å². The minimum atomic E-state index is -0.146. The topological polar surface area (TPSA) is 51.6 Å². The zero-order valence-corrected chi connectivity index (χ0v) is 42.1. The lowest BCUT2D eigenvalue weighted by molar-refractivity contribution is 0.659. The maximum atomic E-state index is 5.55. The zero-order valence-electron chi connectivity index (χ0n) is 42.1. The molecule has 0 amide bonds. The monoisotopic (exact) mass is 926 g/mol. The Kier molecular flexibility index (Phi) is 8.76. The Morgan fingerprint density at radius 2 is 0.431 bits per heavy atom. The van der Waals surface area contributed by atoms with E-state index >= 15 is 0 Å². The summed E-state index contributed by atoms with van der Waals surface area (Å²) in [4.78, 5) is 22.2. The van der Waals surface area contributed by atoms with Crippen LogP contribution in [0, 0.1) is 0 Å². The van der Waals surface area contributed by atoms with Gasteiger partial charge in [-0.1, -0.05) is 177 Å². The third-order valence-corrected chi connectivity index (χ3v) is 17.1. The van der Waals surface area contributed by atoms with Gasteiger partial charge in [-0.15, -0.1) is 0 Å². The van der Waals surface area contributed by atoms with Gasteiger partial charge in [0.15, 0.2) is 0 Å². The van der Waals surface area contributed by atoms with Crippen LogP contribution in [0.4, 0.5) is 0 Å². The maximum absolute atomic E-state index is 5.55. The van der Waals surface area contributed by atoms with Gasteiger partial charge in [-0.05, 0) is 116 Å². The Bertz CT molecular complexity index is 3490. The van der Waals surface area contributed by atoms with Crippen molar-refractivity contribution < 1.29 is 0 Å². The highest BCUT2D eigenvalue weighted by Crippen LogP contribution is 2.53. The Balaban J connectivity index is 0.997. The molecule has 346 valence electrons. The van der Waals surface area contributed by atoms with Crippen molar-refractivity contribution in [2.75, 3.05) is 0 Å². The lowest BCUT2D eigenvalue weighted by Crippen LogP contribution is -2.15. The molecule has 0 fully saturated rings. The fourth-order valence-electron chi connectivity index (χ4n) is 13.0.